The SMILES string of the molecule is CC=CC(COCC(C)(c1ccccc1)c1ccccc1)OC. The third-order valence-corrected chi connectivity index (χ3v) is 4.20. The van der Waals surface area contributed by atoms with Gasteiger partial charge in [-0.2, -0.15) is 0 Å². The maximum absolute atomic E-state index is 6.04. The van der Waals surface area contributed by atoms with Crippen LogP contribution < -0.4 is 0 Å². The lowest BCUT2D eigenvalue weighted by Crippen LogP contribution is -2.31. The highest BCUT2D eigenvalue weighted by Crippen LogP contribution is 2.32. The summed E-state index contributed by atoms with van der Waals surface area (Å²) in [4.78, 5) is 0. The van der Waals surface area contributed by atoms with E-state index in [1.165, 1.54) is 11.1 Å². The molecule has 122 valence electrons. The topological polar surface area (TPSA) is 18.5 Å². The Morgan fingerprint density at radius 2 is 1.48 bits per heavy atom. The average molecular weight is 310 g/mol. The highest BCUT2D eigenvalue weighted by molar-refractivity contribution is 5.38. The van der Waals surface area contributed by atoms with E-state index < -0.39 is 0 Å². The van der Waals surface area contributed by atoms with Gasteiger partial charge in [0, 0.05) is 12.5 Å². The first-order valence-corrected chi connectivity index (χ1v) is 8.05. The summed E-state index contributed by atoms with van der Waals surface area (Å²) in [7, 11) is 1.71. The van der Waals surface area contributed by atoms with E-state index in [2.05, 4.69) is 55.5 Å². The first kappa shape index (κ1) is 17.5. The zero-order valence-electron chi connectivity index (χ0n) is 14.2. The van der Waals surface area contributed by atoms with Crippen molar-refractivity contribution in [3.05, 3.63) is 83.9 Å². The van der Waals surface area contributed by atoms with Crippen molar-refractivity contribution in [2.24, 2.45) is 0 Å². The Morgan fingerprint density at radius 1 is 0.957 bits per heavy atom. The Labute approximate surface area is 139 Å². The summed E-state index contributed by atoms with van der Waals surface area (Å²) in [6.45, 7) is 5.38. The second kappa shape index (κ2) is 8.66. The van der Waals surface area contributed by atoms with Crippen LogP contribution >= 0.6 is 0 Å². The number of methoxy groups -OCH3 is 1. The molecular weight excluding hydrogens is 284 g/mol. The third-order valence-electron chi connectivity index (χ3n) is 4.20. The predicted molar refractivity (Wildman–Crippen MR) is 95.8 cm³/mol. The van der Waals surface area contributed by atoms with Gasteiger partial charge in [-0.3, -0.25) is 0 Å². The van der Waals surface area contributed by atoms with E-state index in [9.17, 15) is 0 Å². The van der Waals surface area contributed by atoms with Gasteiger partial charge in [-0.05, 0) is 25.0 Å². The van der Waals surface area contributed by atoms with E-state index >= 15 is 0 Å². The van der Waals surface area contributed by atoms with E-state index in [0.717, 1.165) is 0 Å². The van der Waals surface area contributed by atoms with Gasteiger partial charge >= 0.3 is 0 Å². The fourth-order valence-corrected chi connectivity index (χ4v) is 2.74. The van der Waals surface area contributed by atoms with E-state index in [1.54, 1.807) is 7.11 Å². The van der Waals surface area contributed by atoms with Gasteiger partial charge in [0.05, 0.1) is 19.3 Å². The van der Waals surface area contributed by atoms with Crippen LogP contribution in [0, 0.1) is 0 Å². The molecule has 0 heterocycles. The lowest BCUT2D eigenvalue weighted by Gasteiger charge is -2.31. The van der Waals surface area contributed by atoms with Crippen LogP contribution in [0.1, 0.15) is 25.0 Å². The average Bonchev–Trinajstić information content (AvgIpc) is 2.62. The number of allylic oxidation sites excluding steroid dienone is 1. The smallest absolute Gasteiger partial charge is 0.0985 e. The number of rotatable bonds is 8. The standard InChI is InChI=1S/C21H26O2/c1-4-11-20(22-3)16-23-17-21(2,18-12-7-5-8-13-18)19-14-9-6-10-15-19/h4-15,20H,16-17H2,1-3H3. The fourth-order valence-electron chi connectivity index (χ4n) is 2.74. The summed E-state index contributed by atoms with van der Waals surface area (Å²) in [5, 5.41) is 0. The van der Waals surface area contributed by atoms with Crippen molar-refractivity contribution in [2.45, 2.75) is 25.4 Å². The largest absolute Gasteiger partial charge is 0.377 e. The highest BCUT2D eigenvalue weighted by Gasteiger charge is 2.29. The molecule has 0 amide bonds. The molecule has 0 aliphatic rings. The van der Waals surface area contributed by atoms with E-state index in [0.29, 0.717) is 13.2 Å². The fraction of sp³-hybridized carbons (Fsp3) is 0.333. The molecule has 0 saturated heterocycles. The van der Waals surface area contributed by atoms with E-state index in [1.807, 2.05) is 31.2 Å². The second-order valence-corrected chi connectivity index (χ2v) is 5.88. The molecule has 0 radical (unpaired) electrons. The van der Waals surface area contributed by atoms with Crippen LogP contribution in [0.25, 0.3) is 0 Å². The Hall–Kier alpha value is -1.90. The van der Waals surface area contributed by atoms with E-state index in [-0.39, 0.29) is 11.5 Å². The van der Waals surface area contributed by atoms with Crippen LogP contribution in [0.2, 0.25) is 0 Å². The van der Waals surface area contributed by atoms with Gasteiger partial charge in [-0.25, -0.2) is 0 Å². The molecule has 0 aromatic heterocycles. The summed E-state index contributed by atoms with van der Waals surface area (Å²) >= 11 is 0. The minimum absolute atomic E-state index is 0.00389. The van der Waals surface area contributed by atoms with Crippen LogP contribution in [-0.4, -0.2) is 26.4 Å². The molecule has 2 rings (SSSR count). The molecule has 0 fully saturated rings. The quantitative estimate of drug-likeness (QED) is 0.663. The van der Waals surface area contributed by atoms with Gasteiger partial charge < -0.3 is 9.47 Å². The van der Waals surface area contributed by atoms with Crippen molar-refractivity contribution in [3.63, 3.8) is 0 Å². The Bertz CT molecular complexity index is 550. The zero-order chi connectivity index (χ0) is 16.5. The molecule has 0 aliphatic heterocycles. The Balaban J connectivity index is 2.19. The van der Waals surface area contributed by atoms with Gasteiger partial charge in [-0.15, -0.1) is 0 Å². The molecule has 2 aromatic rings. The molecule has 0 N–H and O–H groups in total. The van der Waals surface area contributed by atoms with Crippen molar-refractivity contribution in [1.29, 1.82) is 0 Å². The van der Waals surface area contributed by atoms with Gasteiger partial charge in [0.1, 0.15) is 0 Å². The molecule has 0 bridgehead atoms. The molecule has 23 heavy (non-hydrogen) atoms. The number of hydrogen-bond acceptors (Lipinski definition) is 2. The van der Waals surface area contributed by atoms with Crippen molar-refractivity contribution in [1.82, 2.24) is 0 Å². The van der Waals surface area contributed by atoms with Gasteiger partial charge in [0.2, 0.25) is 0 Å². The van der Waals surface area contributed by atoms with Gasteiger partial charge in [0.25, 0.3) is 0 Å². The summed E-state index contributed by atoms with van der Waals surface area (Å²) in [5.74, 6) is 0. The normalized spacial score (nSPS) is 13.3. The monoisotopic (exact) mass is 310 g/mol. The van der Waals surface area contributed by atoms with Crippen LogP contribution in [0.3, 0.4) is 0 Å². The maximum atomic E-state index is 6.04. The second-order valence-electron chi connectivity index (χ2n) is 5.88. The first-order valence-electron chi connectivity index (χ1n) is 8.05. The Kier molecular flexibility index (Phi) is 6.57. The summed E-state index contributed by atoms with van der Waals surface area (Å²) < 4.78 is 11.4. The van der Waals surface area contributed by atoms with Crippen LogP contribution in [-0.2, 0) is 14.9 Å². The lowest BCUT2D eigenvalue weighted by atomic mass is 9.77. The molecule has 2 nitrogen and oxygen atoms in total. The Morgan fingerprint density at radius 3 is 1.91 bits per heavy atom. The van der Waals surface area contributed by atoms with Gasteiger partial charge in [0.15, 0.2) is 0 Å². The van der Waals surface area contributed by atoms with Crippen molar-refractivity contribution in [2.75, 3.05) is 20.3 Å². The molecule has 0 aliphatic carbocycles. The lowest BCUT2D eigenvalue weighted by molar-refractivity contribution is 0.0198. The summed E-state index contributed by atoms with van der Waals surface area (Å²) in [5.41, 5.74) is 2.33. The molecular formula is C21H26O2. The molecule has 0 saturated carbocycles. The highest BCUT2D eigenvalue weighted by atomic mass is 16.5. The van der Waals surface area contributed by atoms with Crippen LogP contribution in [0.4, 0.5) is 0 Å². The predicted octanol–water partition coefficient (Wildman–Crippen LogP) is 4.60. The number of benzene rings is 2. The molecule has 1 unspecified atom stereocenters. The zero-order valence-corrected chi connectivity index (χ0v) is 14.2. The number of hydrogen-bond donors (Lipinski definition) is 0. The van der Waals surface area contributed by atoms with Crippen LogP contribution in [0.5, 0.6) is 0 Å². The minimum atomic E-state index is -0.184. The van der Waals surface area contributed by atoms with E-state index in [4.69, 9.17) is 9.47 Å². The van der Waals surface area contributed by atoms with Gasteiger partial charge in [-0.1, -0.05) is 72.8 Å². The van der Waals surface area contributed by atoms with Crippen molar-refractivity contribution < 1.29 is 9.47 Å². The summed E-state index contributed by atoms with van der Waals surface area (Å²) in [6, 6.07) is 21.1. The van der Waals surface area contributed by atoms with Crippen molar-refractivity contribution in [3.8, 4) is 0 Å². The minimum Gasteiger partial charge on any atom is -0.377 e. The molecule has 1 atom stereocenters. The molecule has 2 aromatic carbocycles. The number of ether oxygens (including phenoxy) is 2. The van der Waals surface area contributed by atoms with Crippen LogP contribution in [0.15, 0.2) is 72.8 Å². The maximum Gasteiger partial charge on any atom is 0.0985 e. The first-order chi connectivity index (χ1) is 11.2. The molecule has 0 spiro atoms. The molecule has 2 heteroatoms. The third kappa shape index (κ3) is 4.54. The summed E-state index contributed by atoms with van der Waals surface area (Å²) in [6.07, 6.45) is 4.00. The van der Waals surface area contributed by atoms with Crippen molar-refractivity contribution >= 4 is 0 Å².